The maximum absolute atomic E-state index is 11.2. The van der Waals surface area contributed by atoms with Gasteiger partial charge in [0.05, 0.1) is 10.4 Å². The first kappa shape index (κ1) is 14.4. The van der Waals surface area contributed by atoms with Gasteiger partial charge in [-0.15, -0.1) is 0 Å². The maximum Gasteiger partial charge on any atom is 0.311 e. The Kier molecular flexibility index (Phi) is 3.76. The second-order valence-electron chi connectivity index (χ2n) is 4.35. The summed E-state index contributed by atoms with van der Waals surface area (Å²) in [7, 11) is 1.73. The number of fused-ring (bicyclic) bond motifs is 1. The lowest BCUT2D eigenvalue weighted by molar-refractivity contribution is -0.384. The number of nitro groups is 1. The fourth-order valence-corrected chi connectivity index (χ4v) is 2.37. The van der Waals surface area contributed by atoms with Crippen molar-refractivity contribution in [3.05, 3.63) is 32.0 Å². The van der Waals surface area contributed by atoms with Crippen molar-refractivity contribution in [3.63, 3.8) is 0 Å². The largest absolute Gasteiger partial charge is 0.458 e. The molecule has 0 N–H and O–H groups in total. The van der Waals surface area contributed by atoms with Crippen molar-refractivity contribution in [2.75, 3.05) is 0 Å². The van der Waals surface area contributed by atoms with E-state index in [9.17, 15) is 14.9 Å². The topological polar surface area (TPSA) is 87.3 Å². The minimum Gasteiger partial charge on any atom is -0.458 e. The van der Waals surface area contributed by atoms with Gasteiger partial charge in [-0.3, -0.25) is 14.9 Å². The van der Waals surface area contributed by atoms with Crippen LogP contribution in [0.3, 0.4) is 0 Å². The monoisotopic (exact) mass is 341 g/mol. The Morgan fingerprint density at radius 2 is 2.25 bits per heavy atom. The summed E-state index contributed by atoms with van der Waals surface area (Å²) >= 11 is 3.22. The van der Waals surface area contributed by atoms with Crippen LogP contribution >= 0.6 is 15.9 Å². The number of carbonyl (C=O) groups is 1. The highest BCUT2D eigenvalue weighted by Crippen LogP contribution is 2.35. The van der Waals surface area contributed by atoms with E-state index in [1.54, 1.807) is 24.6 Å². The first-order chi connectivity index (χ1) is 9.32. The molecule has 7 nitrogen and oxygen atoms in total. The van der Waals surface area contributed by atoms with E-state index in [1.807, 2.05) is 0 Å². The molecule has 1 aromatic carbocycles. The van der Waals surface area contributed by atoms with Crippen LogP contribution in [-0.2, 0) is 23.2 Å². The zero-order valence-electron chi connectivity index (χ0n) is 11.1. The number of rotatable bonds is 3. The zero-order chi connectivity index (χ0) is 15.0. The number of nitro benzene ring substituents is 1. The number of imidazole rings is 1. The number of hydrogen-bond acceptors (Lipinski definition) is 5. The number of esters is 1. The molecule has 8 heteroatoms. The Labute approximate surface area is 122 Å². The number of benzene rings is 1. The molecule has 0 spiro atoms. The molecule has 0 bridgehead atoms. The maximum atomic E-state index is 11.2. The van der Waals surface area contributed by atoms with Crippen LogP contribution in [0.4, 0.5) is 5.69 Å². The molecule has 0 saturated carbocycles. The van der Waals surface area contributed by atoms with Crippen molar-refractivity contribution in [1.82, 2.24) is 9.55 Å². The second kappa shape index (κ2) is 5.20. The molecule has 0 amide bonds. The third-order valence-electron chi connectivity index (χ3n) is 2.95. The number of halogens is 1. The number of hydrogen-bond donors (Lipinski definition) is 0. The zero-order valence-corrected chi connectivity index (χ0v) is 12.7. The average Bonchev–Trinajstić information content (AvgIpc) is 2.65. The Bertz CT molecular complexity index is 723. The fraction of sp³-hybridized carbons (Fsp3) is 0.333. The molecule has 20 heavy (non-hydrogen) atoms. The van der Waals surface area contributed by atoms with Crippen LogP contribution in [0.25, 0.3) is 11.0 Å². The average molecular weight is 342 g/mol. The molecule has 0 aliphatic carbocycles. The lowest BCUT2D eigenvalue weighted by atomic mass is 10.2. The van der Waals surface area contributed by atoms with Gasteiger partial charge in [0.2, 0.25) is 0 Å². The van der Waals surface area contributed by atoms with Crippen molar-refractivity contribution in [1.29, 1.82) is 0 Å². The summed E-state index contributed by atoms with van der Waals surface area (Å²) < 4.78 is 6.99. The molecule has 106 valence electrons. The lowest BCUT2D eigenvalue weighted by Crippen LogP contribution is -2.04. The van der Waals surface area contributed by atoms with Crippen molar-refractivity contribution < 1.29 is 14.5 Å². The summed E-state index contributed by atoms with van der Waals surface area (Å²) in [5.41, 5.74) is 1.56. The molecule has 2 rings (SSSR count). The van der Waals surface area contributed by atoms with Crippen molar-refractivity contribution in [2.45, 2.75) is 20.5 Å². The van der Waals surface area contributed by atoms with E-state index in [1.165, 1.54) is 6.92 Å². The van der Waals surface area contributed by atoms with Crippen LogP contribution in [0.15, 0.2) is 10.5 Å². The Morgan fingerprint density at radius 1 is 1.60 bits per heavy atom. The minimum atomic E-state index is -0.470. The predicted molar refractivity (Wildman–Crippen MR) is 75.3 cm³/mol. The van der Waals surface area contributed by atoms with E-state index >= 15 is 0 Å². The van der Waals surface area contributed by atoms with Gasteiger partial charge in [0.25, 0.3) is 0 Å². The van der Waals surface area contributed by atoms with Crippen molar-refractivity contribution in [3.8, 4) is 0 Å². The highest BCUT2D eigenvalue weighted by atomic mass is 79.9. The Balaban J connectivity index is 2.67. The van der Waals surface area contributed by atoms with Gasteiger partial charge < -0.3 is 9.30 Å². The number of ether oxygens (including phenoxy) is 1. The van der Waals surface area contributed by atoms with E-state index < -0.39 is 10.9 Å². The molecule has 0 atom stereocenters. The Morgan fingerprint density at radius 3 is 2.80 bits per heavy atom. The van der Waals surface area contributed by atoms with Crippen LogP contribution in [0.1, 0.15) is 18.3 Å². The molecule has 1 heterocycles. The van der Waals surface area contributed by atoms with E-state index in [0.29, 0.717) is 15.8 Å². The van der Waals surface area contributed by atoms with Crippen LogP contribution in [-0.4, -0.2) is 20.4 Å². The van der Waals surface area contributed by atoms with E-state index in [-0.39, 0.29) is 17.8 Å². The third kappa shape index (κ3) is 2.38. The highest BCUT2D eigenvalue weighted by Gasteiger charge is 2.24. The molecule has 0 aliphatic heterocycles. The van der Waals surface area contributed by atoms with Gasteiger partial charge in [-0.2, -0.15) is 0 Å². The molecule has 0 fully saturated rings. The first-order valence-corrected chi connectivity index (χ1v) is 6.54. The van der Waals surface area contributed by atoms with Crippen LogP contribution in [0.5, 0.6) is 0 Å². The molecule has 1 aromatic heterocycles. The summed E-state index contributed by atoms with van der Waals surface area (Å²) in [5.74, 6) is 0.0275. The van der Waals surface area contributed by atoms with Gasteiger partial charge in [-0.05, 0) is 34.5 Å². The summed E-state index contributed by atoms with van der Waals surface area (Å²) in [6.07, 6.45) is 0. The summed E-state index contributed by atoms with van der Waals surface area (Å²) in [6.45, 7) is 3.05. The van der Waals surface area contributed by atoms with Gasteiger partial charge in [-0.25, -0.2) is 4.98 Å². The van der Waals surface area contributed by atoms with Crippen molar-refractivity contribution >= 4 is 38.6 Å². The van der Waals surface area contributed by atoms with Gasteiger partial charge in [0.15, 0.2) is 5.52 Å². The first-order valence-electron chi connectivity index (χ1n) is 5.75. The van der Waals surface area contributed by atoms with Gasteiger partial charge >= 0.3 is 11.7 Å². The summed E-state index contributed by atoms with van der Waals surface area (Å²) in [5, 5.41) is 11.2. The smallest absolute Gasteiger partial charge is 0.311 e. The molecule has 2 aromatic rings. The van der Waals surface area contributed by atoms with Gasteiger partial charge in [0, 0.05) is 14.0 Å². The summed E-state index contributed by atoms with van der Waals surface area (Å²) in [4.78, 5) is 25.8. The molecule has 0 unspecified atom stereocenters. The SMILES string of the molecule is CC(=O)OCc1nc2c([N+](=O)[O-])c(Br)c(C)cc2n1C. The van der Waals surface area contributed by atoms with E-state index in [0.717, 1.165) is 5.56 Å². The lowest BCUT2D eigenvalue weighted by Gasteiger charge is -2.03. The Hall–Kier alpha value is -1.96. The molecule has 0 saturated heterocycles. The number of nitrogens with zero attached hydrogens (tertiary/aromatic N) is 3. The standard InChI is InChI=1S/C12H12BrN3O4/c1-6-4-8-11(12(10(6)13)16(18)19)14-9(15(8)3)5-20-7(2)17/h4H,5H2,1-3H3. The quantitative estimate of drug-likeness (QED) is 0.486. The predicted octanol–water partition coefficient (Wildman–Crippen LogP) is 2.62. The minimum absolute atomic E-state index is 0.0195. The molecule has 0 aliphatic rings. The van der Waals surface area contributed by atoms with E-state index in [2.05, 4.69) is 20.9 Å². The van der Waals surface area contributed by atoms with E-state index in [4.69, 9.17) is 4.74 Å². The second-order valence-corrected chi connectivity index (χ2v) is 5.14. The molecule has 0 radical (unpaired) electrons. The third-order valence-corrected chi connectivity index (χ3v) is 3.95. The van der Waals surface area contributed by atoms with Crippen LogP contribution < -0.4 is 0 Å². The normalized spacial score (nSPS) is 10.8. The molecular weight excluding hydrogens is 330 g/mol. The van der Waals surface area contributed by atoms with Gasteiger partial charge in [-0.1, -0.05) is 0 Å². The van der Waals surface area contributed by atoms with Gasteiger partial charge in [0.1, 0.15) is 16.9 Å². The summed E-state index contributed by atoms with van der Waals surface area (Å²) in [6, 6.07) is 1.80. The number of aryl methyl sites for hydroxylation is 2. The van der Waals surface area contributed by atoms with Crippen LogP contribution in [0, 0.1) is 17.0 Å². The number of carbonyl (C=O) groups excluding carboxylic acids is 1. The number of aromatic nitrogens is 2. The highest BCUT2D eigenvalue weighted by molar-refractivity contribution is 9.10. The molecular formula is C12H12BrN3O4. The van der Waals surface area contributed by atoms with Crippen molar-refractivity contribution in [2.24, 2.45) is 7.05 Å². The fourth-order valence-electron chi connectivity index (χ4n) is 1.92. The van der Waals surface area contributed by atoms with Crippen LogP contribution in [0.2, 0.25) is 0 Å².